The first-order valence-corrected chi connectivity index (χ1v) is 9.85. The summed E-state index contributed by atoms with van der Waals surface area (Å²) in [6.45, 7) is 6.31. The molecule has 0 radical (unpaired) electrons. The van der Waals surface area contributed by atoms with E-state index >= 15 is 0 Å². The summed E-state index contributed by atoms with van der Waals surface area (Å²) in [6.07, 6.45) is 0. The van der Waals surface area contributed by atoms with E-state index < -0.39 is 0 Å². The number of nitrogens with zero attached hydrogens (tertiary/aromatic N) is 2. The molecule has 0 aliphatic carbocycles. The Bertz CT molecular complexity index is 819. The molecule has 0 bridgehead atoms. The second kappa shape index (κ2) is 10.0. The average Bonchev–Trinajstić information content (AvgIpc) is 2.75. The third kappa shape index (κ3) is 5.32. The molecule has 29 heavy (non-hydrogen) atoms. The molecule has 1 aliphatic rings. The molecule has 0 atom stereocenters. The fourth-order valence-corrected chi connectivity index (χ4v) is 3.44. The van der Waals surface area contributed by atoms with Gasteiger partial charge < -0.3 is 24.4 Å². The summed E-state index contributed by atoms with van der Waals surface area (Å²) in [5.41, 5.74) is 1.75. The van der Waals surface area contributed by atoms with Crippen LogP contribution in [0.25, 0.3) is 0 Å². The van der Waals surface area contributed by atoms with Gasteiger partial charge in [-0.3, -0.25) is 9.69 Å². The van der Waals surface area contributed by atoms with E-state index in [-0.39, 0.29) is 5.91 Å². The van der Waals surface area contributed by atoms with Crippen molar-refractivity contribution in [3.8, 4) is 17.2 Å². The highest BCUT2D eigenvalue weighted by molar-refractivity contribution is 5.93. The molecule has 156 valence electrons. The zero-order valence-corrected chi connectivity index (χ0v) is 17.3. The molecule has 0 spiro atoms. The molecule has 0 aromatic heterocycles. The number of anilines is 2. The molecule has 1 N–H and O–H groups in total. The highest BCUT2D eigenvalue weighted by Gasteiger charge is 2.21. The van der Waals surface area contributed by atoms with E-state index in [1.807, 2.05) is 25.1 Å². The number of piperazine rings is 1. The van der Waals surface area contributed by atoms with Crippen molar-refractivity contribution in [3.05, 3.63) is 42.5 Å². The Balaban J connectivity index is 1.54. The first-order valence-electron chi connectivity index (χ1n) is 9.85. The SMILES string of the molecule is CCOc1ccccc1N1CCN(CC(=O)Nc2ccc(OC)cc2OC)CC1. The predicted molar refractivity (Wildman–Crippen MR) is 114 cm³/mol. The van der Waals surface area contributed by atoms with Gasteiger partial charge in [0.15, 0.2) is 0 Å². The lowest BCUT2D eigenvalue weighted by Crippen LogP contribution is -2.48. The fraction of sp³-hybridized carbons (Fsp3) is 0.409. The monoisotopic (exact) mass is 399 g/mol. The second-order valence-electron chi connectivity index (χ2n) is 6.78. The van der Waals surface area contributed by atoms with Crippen LogP contribution < -0.4 is 24.4 Å². The van der Waals surface area contributed by atoms with Gasteiger partial charge in [0.05, 0.1) is 38.7 Å². The molecule has 7 nitrogen and oxygen atoms in total. The molecule has 2 aromatic rings. The minimum Gasteiger partial charge on any atom is -0.497 e. The number of rotatable bonds is 8. The van der Waals surface area contributed by atoms with Gasteiger partial charge in [0.1, 0.15) is 17.2 Å². The van der Waals surface area contributed by atoms with E-state index in [4.69, 9.17) is 14.2 Å². The number of ether oxygens (including phenoxy) is 3. The van der Waals surface area contributed by atoms with Crippen LogP contribution in [0.3, 0.4) is 0 Å². The summed E-state index contributed by atoms with van der Waals surface area (Å²) < 4.78 is 16.3. The van der Waals surface area contributed by atoms with Gasteiger partial charge in [0, 0.05) is 32.2 Å². The highest BCUT2D eigenvalue weighted by Crippen LogP contribution is 2.30. The van der Waals surface area contributed by atoms with Crippen LogP contribution in [0.2, 0.25) is 0 Å². The predicted octanol–water partition coefficient (Wildman–Crippen LogP) is 2.86. The van der Waals surface area contributed by atoms with Crippen LogP contribution in [0, 0.1) is 0 Å². The lowest BCUT2D eigenvalue weighted by atomic mass is 10.2. The van der Waals surface area contributed by atoms with Gasteiger partial charge in [0.2, 0.25) is 5.91 Å². The summed E-state index contributed by atoms with van der Waals surface area (Å²) in [6, 6.07) is 13.4. The van der Waals surface area contributed by atoms with Crippen LogP contribution in [-0.4, -0.2) is 64.4 Å². The third-order valence-electron chi connectivity index (χ3n) is 4.93. The van der Waals surface area contributed by atoms with E-state index in [9.17, 15) is 4.79 Å². The smallest absolute Gasteiger partial charge is 0.238 e. The topological polar surface area (TPSA) is 63.3 Å². The first-order chi connectivity index (χ1) is 14.1. The Morgan fingerprint density at radius 1 is 1.00 bits per heavy atom. The van der Waals surface area contributed by atoms with Gasteiger partial charge in [0.25, 0.3) is 0 Å². The zero-order chi connectivity index (χ0) is 20.6. The maximum Gasteiger partial charge on any atom is 0.238 e. The molecule has 1 saturated heterocycles. The van der Waals surface area contributed by atoms with Crippen LogP contribution >= 0.6 is 0 Å². The summed E-state index contributed by atoms with van der Waals surface area (Å²) >= 11 is 0. The van der Waals surface area contributed by atoms with Gasteiger partial charge in [-0.25, -0.2) is 0 Å². The van der Waals surface area contributed by atoms with Crippen molar-refractivity contribution in [2.45, 2.75) is 6.92 Å². The number of hydrogen-bond donors (Lipinski definition) is 1. The highest BCUT2D eigenvalue weighted by atomic mass is 16.5. The number of nitrogens with one attached hydrogen (secondary N) is 1. The summed E-state index contributed by atoms with van der Waals surface area (Å²) in [5.74, 6) is 2.11. The number of carbonyl (C=O) groups is 1. The van der Waals surface area contributed by atoms with Crippen molar-refractivity contribution in [1.29, 1.82) is 0 Å². The van der Waals surface area contributed by atoms with Crippen molar-refractivity contribution >= 4 is 17.3 Å². The molecular weight excluding hydrogens is 370 g/mol. The summed E-state index contributed by atoms with van der Waals surface area (Å²) in [7, 11) is 3.17. The van der Waals surface area contributed by atoms with Crippen molar-refractivity contribution in [3.63, 3.8) is 0 Å². The number of benzene rings is 2. The van der Waals surface area contributed by atoms with Crippen molar-refractivity contribution in [1.82, 2.24) is 4.90 Å². The first kappa shape index (κ1) is 20.8. The number of methoxy groups -OCH3 is 2. The molecule has 1 fully saturated rings. The molecule has 7 heteroatoms. The Morgan fingerprint density at radius 2 is 1.76 bits per heavy atom. The quantitative estimate of drug-likeness (QED) is 0.737. The van der Waals surface area contributed by atoms with Crippen LogP contribution in [0.4, 0.5) is 11.4 Å². The number of amides is 1. The number of para-hydroxylation sites is 2. The minimum absolute atomic E-state index is 0.0587. The van der Waals surface area contributed by atoms with E-state index in [1.165, 1.54) is 0 Å². The van der Waals surface area contributed by atoms with E-state index in [0.717, 1.165) is 37.6 Å². The molecule has 1 amide bonds. The van der Waals surface area contributed by atoms with Gasteiger partial charge in [-0.1, -0.05) is 12.1 Å². The minimum atomic E-state index is -0.0587. The molecular formula is C22H29N3O4. The van der Waals surface area contributed by atoms with Crippen molar-refractivity contribution in [2.24, 2.45) is 0 Å². The van der Waals surface area contributed by atoms with Gasteiger partial charge in [-0.05, 0) is 31.2 Å². The van der Waals surface area contributed by atoms with Crippen molar-refractivity contribution < 1.29 is 19.0 Å². The van der Waals surface area contributed by atoms with Crippen LogP contribution in [0.1, 0.15) is 6.92 Å². The second-order valence-corrected chi connectivity index (χ2v) is 6.78. The van der Waals surface area contributed by atoms with Gasteiger partial charge >= 0.3 is 0 Å². The molecule has 2 aromatic carbocycles. The standard InChI is InChI=1S/C22H29N3O4/c1-4-29-20-8-6-5-7-19(20)25-13-11-24(12-14-25)16-22(26)23-18-10-9-17(27-2)15-21(18)28-3/h5-10,15H,4,11-14,16H2,1-3H3,(H,23,26). The molecule has 1 heterocycles. The maximum absolute atomic E-state index is 12.5. The zero-order valence-electron chi connectivity index (χ0n) is 17.3. The van der Waals surface area contributed by atoms with E-state index in [0.29, 0.717) is 30.3 Å². The maximum atomic E-state index is 12.5. The Hall–Kier alpha value is -2.93. The van der Waals surface area contributed by atoms with Gasteiger partial charge in [-0.15, -0.1) is 0 Å². The molecule has 0 unspecified atom stereocenters. The Kier molecular flexibility index (Phi) is 7.19. The fourth-order valence-electron chi connectivity index (χ4n) is 3.44. The van der Waals surface area contributed by atoms with E-state index in [2.05, 4.69) is 21.2 Å². The van der Waals surface area contributed by atoms with Crippen LogP contribution in [-0.2, 0) is 4.79 Å². The Labute approximate surface area is 172 Å². The molecule has 0 saturated carbocycles. The number of hydrogen-bond acceptors (Lipinski definition) is 6. The van der Waals surface area contributed by atoms with Gasteiger partial charge in [-0.2, -0.15) is 0 Å². The molecule has 3 rings (SSSR count). The van der Waals surface area contributed by atoms with E-state index in [1.54, 1.807) is 32.4 Å². The van der Waals surface area contributed by atoms with Crippen LogP contribution in [0.5, 0.6) is 17.2 Å². The Morgan fingerprint density at radius 3 is 2.45 bits per heavy atom. The third-order valence-corrected chi connectivity index (χ3v) is 4.93. The van der Waals surface area contributed by atoms with Crippen LogP contribution in [0.15, 0.2) is 42.5 Å². The number of carbonyl (C=O) groups excluding carboxylic acids is 1. The lowest BCUT2D eigenvalue weighted by Gasteiger charge is -2.36. The lowest BCUT2D eigenvalue weighted by molar-refractivity contribution is -0.117. The average molecular weight is 399 g/mol. The summed E-state index contributed by atoms with van der Waals surface area (Å²) in [4.78, 5) is 17.0. The normalized spacial score (nSPS) is 14.4. The van der Waals surface area contributed by atoms with Crippen molar-refractivity contribution in [2.75, 3.05) is 63.8 Å². The molecule has 1 aliphatic heterocycles. The largest absolute Gasteiger partial charge is 0.497 e. The summed E-state index contributed by atoms with van der Waals surface area (Å²) in [5, 5.41) is 2.93.